The molecule has 2 aliphatic heterocycles. The smallest absolute Gasteiger partial charge is 0.0509 e. The van der Waals surface area contributed by atoms with E-state index in [1.54, 1.807) is 0 Å². The molecule has 2 heterocycles. The highest BCUT2D eigenvalue weighted by molar-refractivity contribution is 4.85. The number of rotatable bonds is 5. The van der Waals surface area contributed by atoms with Crippen LogP contribution >= 0.6 is 0 Å². The predicted molar refractivity (Wildman–Crippen MR) is 79.2 cm³/mol. The van der Waals surface area contributed by atoms with Crippen molar-refractivity contribution in [2.24, 2.45) is 17.6 Å². The van der Waals surface area contributed by atoms with Crippen LogP contribution in [0.25, 0.3) is 0 Å². The van der Waals surface area contributed by atoms with Gasteiger partial charge < -0.3 is 15.4 Å². The quantitative estimate of drug-likeness (QED) is 0.809. The van der Waals surface area contributed by atoms with E-state index in [0.717, 1.165) is 25.7 Å². The molecule has 2 saturated heterocycles. The molecular weight excluding hydrogens is 238 g/mol. The molecule has 0 bridgehead atoms. The van der Waals surface area contributed by atoms with Crippen molar-refractivity contribution < 1.29 is 4.74 Å². The first-order valence-corrected chi connectivity index (χ1v) is 7.95. The third kappa shape index (κ3) is 4.42. The average molecular weight is 269 g/mol. The van der Waals surface area contributed by atoms with Crippen LogP contribution in [0.5, 0.6) is 0 Å². The number of nitrogens with two attached hydrogens (primary N) is 1. The van der Waals surface area contributed by atoms with Gasteiger partial charge in [0.25, 0.3) is 0 Å². The van der Waals surface area contributed by atoms with Gasteiger partial charge in [0.2, 0.25) is 0 Å². The minimum atomic E-state index is 0.529. The molecule has 2 aliphatic rings. The molecule has 2 N–H and O–H groups in total. The van der Waals surface area contributed by atoms with Gasteiger partial charge in [0.15, 0.2) is 0 Å². The Kier molecular flexibility index (Phi) is 6.07. The Morgan fingerprint density at radius 3 is 2.47 bits per heavy atom. The van der Waals surface area contributed by atoms with Crippen LogP contribution < -0.4 is 5.73 Å². The molecule has 0 aromatic rings. The summed E-state index contributed by atoms with van der Waals surface area (Å²) in [5.74, 6) is 1.42. The van der Waals surface area contributed by atoms with E-state index < -0.39 is 0 Å². The minimum Gasteiger partial charge on any atom is -0.381 e. The van der Waals surface area contributed by atoms with E-state index in [1.807, 2.05) is 0 Å². The van der Waals surface area contributed by atoms with Gasteiger partial charge in [-0.1, -0.05) is 13.8 Å². The summed E-state index contributed by atoms with van der Waals surface area (Å²) in [6, 6.07) is 0.529. The van der Waals surface area contributed by atoms with Crippen molar-refractivity contribution in [3.8, 4) is 0 Å². The normalized spacial score (nSPS) is 28.7. The molecule has 0 saturated carbocycles. The number of ether oxygens (including phenoxy) is 1. The molecule has 0 aromatic carbocycles. The van der Waals surface area contributed by atoms with Gasteiger partial charge in [-0.25, -0.2) is 0 Å². The van der Waals surface area contributed by atoms with Crippen LogP contribution in [0.2, 0.25) is 0 Å². The summed E-state index contributed by atoms with van der Waals surface area (Å²) in [7, 11) is 0. The molecule has 0 aliphatic carbocycles. The van der Waals surface area contributed by atoms with Crippen LogP contribution in [0.3, 0.4) is 0 Å². The zero-order valence-electron chi connectivity index (χ0n) is 12.7. The Bertz CT molecular complexity index is 246. The molecule has 112 valence electrons. The van der Waals surface area contributed by atoms with Gasteiger partial charge >= 0.3 is 0 Å². The summed E-state index contributed by atoms with van der Waals surface area (Å²) in [6.07, 6.45) is 2.49. The second-order valence-electron chi connectivity index (χ2n) is 6.51. The molecular formula is C15H31N3O. The lowest BCUT2D eigenvalue weighted by Crippen LogP contribution is -2.56. The van der Waals surface area contributed by atoms with Gasteiger partial charge in [-0.05, 0) is 24.7 Å². The molecule has 2 rings (SSSR count). The highest BCUT2D eigenvalue weighted by atomic mass is 16.5. The maximum absolute atomic E-state index is 6.04. The summed E-state index contributed by atoms with van der Waals surface area (Å²) >= 11 is 0. The fourth-order valence-electron chi connectivity index (χ4n) is 3.50. The van der Waals surface area contributed by atoms with Gasteiger partial charge in [-0.3, -0.25) is 4.90 Å². The van der Waals surface area contributed by atoms with Crippen molar-refractivity contribution in [3.05, 3.63) is 0 Å². The standard InChI is InChI=1S/C15H31N3O/c1-13(2)11-17-5-7-18(8-6-17)15(10-16)14-4-3-9-19-12-14/h13-15H,3-12,16H2,1-2H3. The van der Waals surface area contributed by atoms with Crippen LogP contribution in [0.4, 0.5) is 0 Å². The van der Waals surface area contributed by atoms with Crippen LogP contribution in [0.1, 0.15) is 26.7 Å². The Labute approximate surface area is 118 Å². The van der Waals surface area contributed by atoms with Crippen molar-refractivity contribution in [2.45, 2.75) is 32.7 Å². The Hall–Kier alpha value is -0.160. The summed E-state index contributed by atoms with van der Waals surface area (Å²) in [5.41, 5.74) is 6.04. The molecule has 0 aromatic heterocycles. The molecule has 2 atom stereocenters. The Morgan fingerprint density at radius 2 is 1.95 bits per heavy atom. The molecule has 19 heavy (non-hydrogen) atoms. The third-order valence-corrected chi connectivity index (χ3v) is 4.48. The number of piperazine rings is 1. The van der Waals surface area contributed by atoms with E-state index in [-0.39, 0.29) is 0 Å². The maximum atomic E-state index is 6.04. The van der Waals surface area contributed by atoms with Crippen molar-refractivity contribution >= 4 is 0 Å². The van der Waals surface area contributed by atoms with Crippen LogP contribution in [0.15, 0.2) is 0 Å². The first-order valence-electron chi connectivity index (χ1n) is 7.95. The fourth-order valence-corrected chi connectivity index (χ4v) is 3.50. The number of hydrogen-bond acceptors (Lipinski definition) is 4. The lowest BCUT2D eigenvalue weighted by molar-refractivity contribution is -0.00346. The van der Waals surface area contributed by atoms with E-state index in [4.69, 9.17) is 10.5 Å². The number of nitrogens with zero attached hydrogens (tertiary/aromatic N) is 2. The second-order valence-corrected chi connectivity index (χ2v) is 6.51. The minimum absolute atomic E-state index is 0.529. The molecule has 4 heteroatoms. The SMILES string of the molecule is CC(C)CN1CCN(C(CN)C2CCCOC2)CC1. The predicted octanol–water partition coefficient (Wildman–Crippen LogP) is 1.01. The van der Waals surface area contributed by atoms with Crippen LogP contribution in [0, 0.1) is 11.8 Å². The van der Waals surface area contributed by atoms with Gasteiger partial charge in [0, 0.05) is 51.9 Å². The first-order chi connectivity index (χ1) is 9.20. The lowest BCUT2D eigenvalue weighted by atomic mass is 9.92. The number of hydrogen-bond donors (Lipinski definition) is 1. The van der Waals surface area contributed by atoms with E-state index in [0.29, 0.717) is 12.0 Å². The van der Waals surface area contributed by atoms with Crippen LogP contribution in [-0.4, -0.2) is 68.3 Å². The van der Waals surface area contributed by atoms with E-state index in [1.165, 1.54) is 45.6 Å². The third-order valence-electron chi connectivity index (χ3n) is 4.48. The van der Waals surface area contributed by atoms with Crippen LogP contribution in [-0.2, 0) is 4.74 Å². The highest BCUT2D eigenvalue weighted by Crippen LogP contribution is 2.22. The molecule has 0 amide bonds. The van der Waals surface area contributed by atoms with Gasteiger partial charge in [-0.15, -0.1) is 0 Å². The molecule has 4 nitrogen and oxygen atoms in total. The molecule has 2 unspecified atom stereocenters. The van der Waals surface area contributed by atoms with Gasteiger partial charge in [0.1, 0.15) is 0 Å². The van der Waals surface area contributed by atoms with E-state index in [2.05, 4.69) is 23.6 Å². The lowest BCUT2D eigenvalue weighted by Gasteiger charge is -2.43. The van der Waals surface area contributed by atoms with Gasteiger partial charge in [-0.2, -0.15) is 0 Å². The molecule has 2 fully saturated rings. The highest BCUT2D eigenvalue weighted by Gasteiger charge is 2.30. The first kappa shape index (κ1) is 15.2. The summed E-state index contributed by atoms with van der Waals surface area (Å²) in [5, 5.41) is 0. The summed E-state index contributed by atoms with van der Waals surface area (Å²) in [4.78, 5) is 5.20. The van der Waals surface area contributed by atoms with Crippen molar-refractivity contribution in [3.63, 3.8) is 0 Å². The van der Waals surface area contributed by atoms with Crippen molar-refractivity contribution in [1.82, 2.24) is 9.80 Å². The second kappa shape index (κ2) is 7.58. The molecule has 0 spiro atoms. The molecule has 0 radical (unpaired) electrons. The van der Waals surface area contributed by atoms with Gasteiger partial charge in [0.05, 0.1) is 6.61 Å². The van der Waals surface area contributed by atoms with Crippen molar-refractivity contribution in [1.29, 1.82) is 0 Å². The Balaban J connectivity index is 1.80. The zero-order chi connectivity index (χ0) is 13.7. The summed E-state index contributed by atoms with van der Waals surface area (Å²) in [6.45, 7) is 13.2. The van der Waals surface area contributed by atoms with E-state index >= 15 is 0 Å². The average Bonchev–Trinajstić information content (AvgIpc) is 2.42. The Morgan fingerprint density at radius 1 is 1.21 bits per heavy atom. The van der Waals surface area contributed by atoms with Crippen molar-refractivity contribution in [2.75, 3.05) is 52.5 Å². The largest absolute Gasteiger partial charge is 0.381 e. The fraction of sp³-hybridized carbons (Fsp3) is 1.00. The maximum Gasteiger partial charge on any atom is 0.0509 e. The summed E-state index contributed by atoms with van der Waals surface area (Å²) < 4.78 is 5.64. The van der Waals surface area contributed by atoms with E-state index in [9.17, 15) is 0 Å². The topological polar surface area (TPSA) is 41.7 Å². The monoisotopic (exact) mass is 269 g/mol. The zero-order valence-corrected chi connectivity index (χ0v) is 12.7.